The smallest absolute Gasteiger partial charge is 0.324 e. The Morgan fingerprint density at radius 3 is 2.75 bits per heavy atom. The molecule has 2 heterocycles. The van der Waals surface area contributed by atoms with Crippen LogP contribution in [0.3, 0.4) is 0 Å². The van der Waals surface area contributed by atoms with Crippen LogP contribution in [0.2, 0.25) is 0 Å². The van der Waals surface area contributed by atoms with E-state index in [0.717, 1.165) is 15.5 Å². The average Bonchev–Trinajstić information content (AvgIpc) is 2.58. The maximum absolute atomic E-state index is 12.3. The summed E-state index contributed by atoms with van der Waals surface area (Å²) < 4.78 is 0.829. The zero-order valence-corrected chi connectivity index (χ0v) is 14.8. The predicted molar refractivity (Wildman–Crippen MR) is 101 cm³/mol. The number of nitrogens with one attached hydrogen (secondary N) is 2. The number of carbonyl (C=O) groups excluding carboxylic acids is 1. The quantitative estimate of drug-likeness (QED) is 0.711. The SMILES string of the molecule is CN(C)c1cccc(NC(=O)Nc2ncc(Br)c3cccnc23)c1. The molecule has 0 aliphatic carbocycles. The Bertz CT molecular complexity index is 897. The second-order valence-corrected chi connectivity index (χ2v) is 6.23. The normalized spacial score (nSPS) is 10.5. The third-order valence-corrected chi connectivity index (χ3v) is 4.08. The van der Waals surface area contributed by atoms with Crippen LogP contribution >= 0.6 is 15.9 Å². The summed E-state index contributed by atoms with van der Waals surface area (Å²) in [5.74, 6) is 0.412. The largest absolute Gasteiger partial charge is 0.378 e. The molecule has 2 N–H and O–H groups in total. The fraction of sp³-hybridized carbons (Fsp3) is 0.118. The molecule has 0 bridgehead atoms. The van der Waals surface area contributed by atoms with Crippen molar-refractivity contribution in [2.75, 3.05) is 29.6 Å². The number of rotatable bonds is 3. The number of fused-ring (bicyclic) bond motifs is 1. The Labute approximate surface area is 148 Å². The van der Waals surface area contributed by atoms with Crippen molar-refractivity contribution in [1.82, 2.24) is 9.97 Å². The molecular weight excluding hydrogens is 370 g/mol. The van der Waals surface area contributed by atoms with Gasteiger partial charge in [-0.3, -0.25) is 10.3 Å². The molecular formula is C17H16BrN5O. The first-order valence-corrected chi connectivity index (χ1v) is 8.08. The van der Waals surface area contributed by atoms with Crippen LogP contribution in [0.15, 0.2) is 53.3 Å². The van der Waals surface area contributed by atoms with E-state index in [-0.39, 0.29) is 6.03 Å². The van der Waals surface area contributed by atoms with Crippen molar-refractivity contribution in [2.24, 2.45) is 0 Å². The molecule has 2 aromatic heterocycles. The monoisotopic (exact) mass is 385 g/mol. The molecule has 0 saturated heterocycles. The molecule has 3 rings (SSSR count). The van der Waals surface area contributed by atoms with E-state index in [1.165, 1.54) is 0 Å². The van der Waals surface area contributed by atoms with E-state index in [9.17, 15) is 4.79 Å². The molecule has 0 spiro atoms. The Balaban J connectivity index is 1.81. The number of hydrogen-bond donors (Lipinski definition) is 2. The Morgan fingerprint density at radius 2 is 1.96 bits per heavy atom. The van der Waals surface area contributed by atoms with Crippen LogP contribution < -0.4 is 15.5 Å². The molecule has 3 aromatic rings. The van der Waals surface area contributed by atoms with Gasteiger partial charge in [-0.15, -0.1) is 0 Å². The van der Waals surface area contributed by atoms with Crippen LogP contribution in [0.25, 0.3) is 10.9 Å². The van der Waals surface area contributed by atoms with E-state index < -0.39 is 0 Å². The number of aromatic nitrogens is 2. The molecule has 0 unspecified atom stereocenters. The van der Waals surface area contributed by atoms with Gasteiger partial charge < -0.3 is 10.2 Å². The number of carbonyl (C=O) groups is 1. The van der Waals surface area contributed by atoms with Crippen molar-refractivity contribution < 1.29 is 4.79 Å². The van der Waals surface area contributed by atoms with E-state index in [0.29, 0.717) is 17.0 Å². The van der Waals surface area contributed by atoms with Gasteiger partial charge in [0, 0.05) is 47.7 Å². The summed E-state index contributed by atoms with van der Waals surface area (Å²) in [4.78, 5) is 22.8. The summed E-state index contributed by atoms with van der Waals surface area (Å²) in [7, 11) is 3.89. The van der Waals surface area contributed by atoms with Crippen molar-refractivity contribution in [1.29, 1.82) is 0 Å². The fourth-order valence-electron chi connectivity index (χ4n) is 2.26. The van der Waals surface area contributed by atoms with Crippen LogP contribution in [0.1, 0.15) is 0 Å². The molecule has 0 atom stereocenters. The molecule has 6 nitrogen and oxygen atoms in total. The number of pyridine rings is 2. The molecule has 0 fully saturated rings. The molecule has 2 amide bonds. The molecule has 7 heteroatoms. The number of amides is 2. The first-order valence-electron chi connectivity index (χ1n) is 7.29. The minimum atomic E-state index is -0.368. The van der Waals surface area contributed by atoms with E-state index >= 15 is 0 Å². The molecule has 0 saturated carbocycles. The first-order chi connectivity index (χ1) is 11.5. The maximum atomic E-state index is 12.3. The lowest BCUT2D eigenvalue weighted by Crippen LogP contribution is -2.20. The van der Waals surface area contributed by atoms with Gasteiger partial charge in [0.05, 0.1) is 0 Å². The van der Waals surface area contributed by atoms with Crippen molar-refractivity contribution >= 4 is 50.1 Å². The number of urea groups is 1. The van der Waals surface area contributed by atoms with Crippen LogP contribution in [0.4, 0.5) is 22.0 Å². The van der Waals surface area contributed by atoms with Gasteiger partial charge in [-0.2, -0.15) is 0 Å². The average molecular weight is 386 g/mol. The molecule has 122 valence electrons. The zero-order valence-electron chi connectivity index (χ0n) is 13.2. The van der Waals surface area contributed by atoms with Gasteiger partial charge in [0.15, 0.2) is 5.82 Å². The highest BCUT2D eigenvalue weighted by molar-refractivity contribution is 9.10. The van der Waals surface area contributed by atoms with E-state index in [1.807, 2.05) is 55.4 Å². The van der Waals surface area contributed by atoms with Crippen molar-refractivity contribution in [3.63, 3.8) is 0 Å². The predicted octanol–water partition coefficient (Wildman–Crippen LogP) is 4.10. The van der Waals surface area contributed by atoms with Crippen LogP contribution in [-0.2, 0) is 0 Å². The van der Waals surface area contributed by atoms with Crippen LogP contribution in [0, 0.1) is 0 Å². The lowest BCUT2D eigenvalue weighted by atomic mass is 10.2. The Hall–Kier alpha value is -2.67. The number of anilines is 3. The van der Waals surface area contributed by atoms with E-state index in [1.54, 1.807) is 12.4 Å². The van der Waals surface area contributed by atoms with Gasteiger partial charge in [0.1, 0.15) is 5.52 Å². The lowest BCUT2D eigenvalue weighted by Gasteiger charge is -2.14. The van der Waals surface area contributed by atoms with E-state index in [4.69, 9.17) is 0 Å². The zero-order chi connectivity index (χ0) is 17.1. The lowest BCUT2D eigenvalue weighted by molar-refractivity contribution is 0.262. The second-order valence-electron chi connectivity index (χ2n) is 5.38. The summed E-state index contributed by atoms with van der Waals surface area (Å²) in [6.45, 7) is 0. The first kappa shape index (κ1) is 16.2. The number of benzene rings is 1. The molecule has 1 aromatic carbocycles. The van der Waals surface area contributed by atoms with Crippen molar-refractivity contribution in [3.8, 4) is 0 Å². The molecule has 0 radical (unpaired) electrons. The summed E-state index contributed by atoms with van der Waals surface area (Å²) in [5, 5.41) is 6.45. The maximum Gasteiger partial charge on any atom is 0.324 e. The fourth-order valence-corrected chi connectivity index (χ4v) is 2.68. The number of halogens is 1. The minimum Gasteiger partial charge on any atom is -0.378 e. The topological polar surface area (TPSA) is 70.2 Å². The highest BCUT2D eigenvalue weighted by Gasteiger charge is 2.10. The van der Waals surface area contributed by atoms with Gasteiger partial charge in [-0.05, 0) is 46.3 Å². The second kappa shape index (κ2) is 6.84. The molecule has 0 aliphatic rings. The van der Waals surface area contributed by atoms with E-state index in [2.05, 4.69) is 36.5 Å². The van der Waals surface area contributed by atoms with Crippen LogP contribution in [-0.4, -0.2) is 30.1 Å². The van der Waals surface area contributed by atoms with Gasteiger partial charge in [0.2, 0.25) is 0 Å². The third kappa shape index (κ3) is 3.46. The summed E-state index contributed by atoms with van der Waals surface area (Å²) >= 11 is 3.44. The van der Waals surface area contributed by atoms with Gasteiger partial charge >= 0.3 is 6.03 Å². The highest BCUT2D eigenvalue weighted by atomic mass is 79.9. The Kier molecular flexibility index (Phi) is 4.61. The van der Waals surface area contributed by atoms with Crippen molar-refractivity contribution in [3.05, 3.63) is 53.3 Å². The van der Waals surface area contributed by atoms with Crippen molar-refractivity contribution in [2.45, 2.75) is 0 Å². The third-order valence-electron chi connectivity index (χ3n) is 3.45. The number of hydrogen-bond acceptors (Lipinski definition) is 4. The summed E-state index contributed by atoms with van der Waals surface area (Å²) in [6.07, 6.45) is 3.31. The highest BCUT2D eigenvalue weighted by Crippen LogP contribution is 2.26. The minimum absolute atomic E-state index is 0.368. The van der Waals surface area contributed by atoms with Gasteiger partial charge in [-0.25, -0.2) is 9.78 Å². The molecule has 0 aliphatic heterocycles. The summed E-state index contributed by atoms with van der Waals surface area (Å²) in [5.41, 5.74) is 2.33. The summed E-state index contributed by atoms with van der Waals surface area (Å²) in [6, 6.07) is 11.0. The number of nitrogens with zero attached hydrogens (tertiary/aromatic N) is 3. The standard InChI is InChI=1S/C17H16BrN5O/c1-23(2)12-6-3-5-11(9-12)21-17(24)22-16-15-13(7-4-8-19-15)14(18)10-20-16/h3-10H,1-2H3,(H2,20,21,22,24). The van der Waals surface area contributed by atoms with Gasteiger partial charge in [0.25, 0.3) is 0 Å². The van der Waals surface area contributed by atoms with Crippen LogP contribution in [0.5, 0.6) is 0 Å². The van der Waals surface area contributed by atoms with Gasteiger partial charge in [-0.1, -0.05) is 6.07 Å². The molecule has 24 heavy (non-hydrogen) atoms. The Morgan fingerprint density at radius 1 is 1.12 bits per heavy atom.